The van der Waals surface area contributed by atoms with E-state index >= 15 is 0 Å². The van der Waals surface area contributed by atoms with Crippen molar-refractivity contribution in [1.29, 1.82) is 0 Å². The molecule has 2 aliphatic heterocycles. The summed E-state index contributed by atoms with van der Waals surface area (Å²) in [7, 11) is 0. The number of amides is 2. The molecule has 138 valence electrons. The van der Waals surface area contributed by atoms with Crippen LogP contribution in [0, 0.1) is 0 Å². The highest BCUT2D eigenvalue weighted by molar-refractivity contribution is 6.30. The first-order chi connectivity index (χ1) is 12.1. The molecule has 25 heavy (non-hydrogen) atoms. The molecule has 0 radical (unpaired) electrons. The fraction of sp³-hybridized carbons (Fsp3) is 0.632. The van der Waals surface area contributed by atoms with E-state index in [0.717, 1.165) is 37.4 Å². The van der Waals surface area contributed by atoms with Gasteiger partial charge in [-0.15, -0.1) is 0 Å². The van der Waals surface area contributed by atoms with Crippen molar-refractivity contribution >= 4 is 17.6 Å². The van der Waals surface area contributed by atoms with Gasteiger partial charge in [0.25, 0.3) is 0 Å². The third kappa shape index (κ3) is 4.66. The number of benzene rings is 1. The zero-order valence-electron chi connectivity index (χ0n) is 14.8. The molecule has 1 aromatic rings. The molecule has 0 spiro atoms. The van der Waals surface area contributed by atoms with E-state index in [9.17, 15) is 4.79 Å². The number of nitrogens with one attached hydrogen (secondary N) is 1. The second-order valence-corrected chi connectivity index (χ2v) is 7.48. The van der Waals surface area contributed by atoms with E-state index in [1.807, 2.05) is 24.0 Å². The Labute approximate surface area is 154 Å². The zero-order valence-corrected chi connectivity index (χ0v) is 15.6. The quantitative estimate of drug-likeness (QED) is 0.893. The van der Waals surface area contributed by atoms with E-state index in [-0.39, 0.29) is 17.6 Å². The molecule has 5 nitrogen and oxygen atoms in total. The van der Waals surface area contributed by atoms with E-state index in [1.54, 1.807) is 0 Å². The molecular formula is C19H27ClN2O3. The van der Waals surface area contributed by atoms with Gasteiger partial charge in [0.15, 0.2) is 0 Å². The Balaban J connectivity index is 1.68. The van der Waals surface area contributed by atoms with Crippen LogP contribution in [0.15, 0.2) is 24.3 Å². The first-order valence-electron chi connectivity index (χ1n) is 9.07. The molecule has 0 bridgehead atoms. The third-order valence-electron chi connectivity index (χ3n) is 5.22. The van der Waals surface area contributed by atoms with E-state index in [1.165, 1.54) is 5.56 Å². The largest absolute Gasteiger partial charge is 0.381 e. The number of carbonyl (C=O) groups excluding carboxylic acids is 1. The van der Waals surface area contributed by atoms with E-state index in [2.05, 4.69) is 17.4 Å². The zero-order chi connectivity index (χ0) is 17.7. The number of nitrogens with zero attached hydrogens (tertiary/aromatic N) is 1. The van der Waals surface area contributed by atoms with Crippen molar-refractivity contribution in [1.82, 2.24) is 10.2 Å². The van der Waals surface area contributed by atoms with Crippen LogP contribution in [0.2, 0.25) is 5.02 Å². The number of rotatable bonds is 3. The van der Waals surface area contributed by atoms with Gasteiger partial charge in [-0.2, -0.15) is 0 Å². The lowest BCUT2D eigenvalue weighted by Gasteiger charge is -2.38. The normalized spacial score (nSPS) is 23.8. The maximum Gasteiger partial charge on any atom is 0.317 e. The standard InChI is InChI=1S/C19H27ClN2O3/c1-15-13-22(9-2-10-25-15)18(23)21-14-19(7-11-24-12-8-19)16-3-5-17(20)6-4-16/h3-6,15H,2,7-14H2,1H3,(H,21,23). The molecule has 2 aliphatic rings. The Morgan fingerprint density at radius 1 is 1.28 bits per heavy atom. The minimum atomic E-state index is -0.0908. The predicted molar refractivity (Wildman–Crippen MR) is 98.2 cm³/mol. The number of carbonyl (C=O) groups is 1. The summed E-state index contributed by atoms with van der Waals surface area (Å²) in [5, 5.41) is 3.90. The average Bonchev–Trinajstić information content (AvgIpc) is 2.85. The fourth-order valence-electron chi connectivity index (χ4n) is 3.67. The molecule has 1 unspecified atom stereocenters. The van der Waals surface area contributed by atoms with Gasteiger partial charge in [0.05, 0.1) is 6.10 Å². The lowest BCUT2D eigenvalue weighted by Crippen LogP contribution is -2.49. The maximum atomic E-state index is 12.7. The molecular weight excluding hydrogens is 340 g/mol. The summed E-state index contributed by atoms with van der Waals surface area (Å²) in [4.78, 5) is 14.5. The minimum Gasteiger partial charge on any atom is -0.381 e. The molecule has 3 rings (SSSR count). The summed E-state index contributed by atoms with van der Waals surface area (Å²) < 4.78 is 11.2. The van der Waals surface area contributed by atoms with Gasteiger partial charge < -0.3 is 19.7 Å². The lowest BCUT2D eigenvalue weighted by atomic mass is 9.74. The molecule has 1 atom stereocenters. The molecule has 2 fully saturated rings. The predicted octanol–water partition coefficient (Wildman–Crippen LogP) is 3.21. The number of ether oxygens (including phenoxy) is 2. The van der Waals surface area contributed by atoms with Crippen molar-refractivity contribution in [2.24, 2.45) is 0 Å². The van der Waals surface area contributed by atoms with Crippen LogP contribution < -0.4 is 5.32 Å². The van der Waals surface area contributed by atoms with E-state index < -0.39 is 0 Å². The van der Waals surface area contributed by atoms with Gasteiger partial charge >= 0.3 is 6.03 Å². The van der Waals surface area contributed by atoms with Crippen LogP contribution in [-0.4, -0.2) is 56.5 Å². The van der Waals surface area contributed by atoms with Gasteiger partial charge in [-0.25, -0.2) is 4.79 Å². The van der Waals surface area contributed by atoms with Gasteiger partial charge in [-0.1, -0.05) is 23.7 Å². The minimum absolute atomic E-state index is 0.00261. The Kier molecular flexibility index (Phi) is 6.20. The molecule has 2 saturated heterocycles. The van der Waals surface area contributed by atoms with Gasteiger partial charge in [-0.3, -0.25) is 0 Å². The smallest absolute Gasteiger partial charge is 0.317 e. The Morgan fingerprint density at radius 3 is 2.72 bits per heavy atom. The number of hydrogen-bond acceptors (Lipinski definition) is 3. The van der Waals surface area contributed by atoms with Gasteiger partial charge in [0.1, 0.15) is 0 Å². The Bertz CT molecular complexity index is 573. The summed E-state index contributed by atoms with van der Waals surface area (Å²) in [6, 6.07) is 7.98. The van der Waals surface area contributed by atoms with Crippen molar-refractivity contribution in [2.75, 3.05) is 39.5 Å². The molecule has 2 heterocycles. The van der Waals surface area contributed by atoms with Crippen molar-refractivity contribution in [3.63, 3.8) is 0 Å². The van der Waals surface area contributed by atoms with E-state index in [4.69, 9.17) is 21.1 Å². The molecule has 0 aliphatic carbocycles. The van der Waals surface area contributed by atoms with Crippen LogP contribution in [0.5, 0.6) is 0 Å². The summed E-state index contributed by atoms with van der Waals surface area (Å²) in [5.41, 5.74) is 1.12. The maximum absolute atomic E-state index is 12.7. The van der Waals surface area contributed by atoms with Crippen LogP contribution in [0.1, 0.15) is 31.7 Å². The highest BCUT2D eigenvalue weighted by Crippen LogP contribution is 2.35. The van der Waals surface area contributed by atoms with E-state index in [0.29, 0.717) is 26.3 Å². The summed E-state index contributed by atoms with van der Waals surface area (Å²) in [6.07, 6.45) is 2.76. The SMILES string of the molecule is CC1CN(C(=O)NCC2(c3ccc(Cl)cc3)CCOCC2)CCCO1. The molecule has 0 saturated carbocycles. The number of urea groups is 1. The highest BCUT2D eigenvalue weighted by atomic mass is 35.5. The van der Waals surface area contributed by atoms with Crippen LogP contribution in [-0.2, 0) is 14.9 Å². The summed E-state index contributed by atoms with van der Waals surface area (Å²) >= 11 is 6.04. The average molecular weight is 367 g/mol. The Hall–Kier alpha value is -1.30. The summed E-state index contributed by atoms with van der Waals surface area (Å²) in [6.45, 7) is 6.16. The molecule has 1 aromatic carbocycles. The number of hydrogen-bond donors (Lipinski definition) is 1. The highest BCUT2D eigenvalue weighted by Gasteiger charge is 2.35. The van der Waals surface area contributed by atoms with Crippen molar-refractivity contribution < 1.29 is 14.3 Å². The topological polar surface area (TPSA) is 50.8 Å². The van der Waals surface area contributed by atoms with Crippen molar-refractivity contribution in [3.05, 3.63) is 34.9 Å². The van der Waals surface area contributed by atoms with Crippen LogP contribution in [0.3, 0.4) is 0 Å². The van der Waals surface area contributed by atoms with Crippen LogP contribution >= 0.6 is 11.6 Å². The summed E-state index contributed by atoms with van der Waals surface area (Å²) in [5.74, 6) is 0. The van der Waals surface area contributed by atoms with Gasteiger partial charge in [-0.05, 0) is 43.9 Å². The van der Waals surface area contributed by atoms with Gasteiger partial charge in [0.2, 0.25) is 0 Å². The molecule has 6 heteroatoms. The van der Waals surface area contributed by atoms with Crippen LogP contribution in [0.4, 0.5) is 4.79 Å². The first kappa shape index (κ1) is 18.5. The van der Waals surface area contributed by atoms with Crippen molar-refractivity contribution in [3.8, 4) is 0 Å². The molecule has 1 N–H and O–H groups in total. The van der Waals surface area contributed by atoms with Crippen LogP contribution in [0.25, 0.3) is 0 Å². The Morgan fingerprint density at radius 2 is 2.00 bits per heavy atom. The van der Waals surface area contributed by atoms with Crippen molar-refractivity contribution in [2.45, 2.75) is 37.7 Å². The monoisotopic (exact) mass is 366 g/mol. The number of halogens is 1. The molecule has 2 amide bonds. The second kappa shape index (κ2) is 8.39. The second-order valence-electron chi connectivity index (χ2n) is 7.04. The first-order valence-corrected chi connectivity index (χ1v) is 9.45. The lowest BCUT2D eigenvalue weighted by molar-refractivity contribution is 0.0496. The molecule has 0 aromatic heterocycles. The van der Waals surface area contributed by atoms with Gasteiger partial charge in [0, 0.05) is 49.9 Å². The third-order valence-corrected chi connectivity index (χ3v) is 5.48. The fourth-order valence-corrected chi connectivity index (χ4v) is 3.79.